The summed E-state index contributed by atoms with van der Waals surface area (Å²) in [6.07, 6.45) is 4.41. The van der Waals surface area contributed by atoms with Gasteiger partial charge in [0.05, 0.1) is 13.0 Å². The van der Waals surface area contributed by atoms with Crippen molar-refractivity contribution in [3.05, 3.63) is 77.9 Å². The molecule has 31 heavy (non-hydrogen) atoms. The Morgan fingerprint density at radius 1 is 1.06 bits per heavy atom. The number of carbonyl (C=O) groups excluding carboxylic acids is 1. The van der Waals surface area contributed by atoms with Crippen molar-refractivity contribution in [2.45, 2.75) is 19.9 Å². The van der Waals surface area contributed by atoms with E-state index in [1.54, 1.807) is 7.11 Å². The molecule has 1 amide bonds. The van der Waals surface area contributed by atoms with Crippen LogP contribution in [0.25, 0.3) is 11.1 Å². The van der Waals surface area contributed by atoms with Crippen LogP contribution in [0.2, 0.25) is 0 Å². The van der Waals surface area contributed by atoms with E-state index in [1.807, 2.05) is 49.6 Å². The zero-order chi connectivity index (χ0) is 21.6. The summed E-state index contributed by atoms with van der Waals surface area (Å²) in [5.74, 6) is 1.57. The predicted molar refractivity (Wildman–Crippen MR) is 121 cm³/mol. The molecule has 1 atom stereocenters. The van der Waals surface area contributed by atoms with Crippen molar-refractivity contribution in [3.63, 3.8) is 0 Å². The quantitative estimate of drug-likeness (QED) is 0.668. The summed E-state index contributed by atoms with van der Waals surface area (Å²) in [6, 6.07) is 16.3. The molecule has 0 radical (unpaired) electrons. The van der Waals surface area contributed by atoms with E-state index in [9.17, 15) is 4.79 Å². The maximum Gasteiger partial charge on any atom is 0.224 e. The minimum absolute atomic E-state index is 0.109. The normalized spacial score (nSPS) is 17.1. The van der Waals surface area contributed by atoms with E-state index in [1.165, 1.54) is 0 Å². The Bertz CT molecular complexity index is 1040. The second kappa shape index (κ2) is 9.71. The molecule has 0 bridgehead atoms. The zero-order valence-corrected chi connectivity index (χ0v) is 18.0. The van der Waals surface area contributed by atoms with Crippen molar-refractivity contribution < 1.29 is 9.53 Å². The summed E-state index contributed by atoms with van der Waals surface area (Å²) in [6.45, 7) is 4.77. The van der Waals surface area contributed by atoms with Gasteiger partial charge in [0.25, 0.3) is 0 Å². The molecule has 1 aromatic heterocycles. The van der Waals surface area contributed by atoms with Gasteiger partial charge in [0.1, 0.15) is 11.6 Å². The lowest BCUT2D eigenvalue weighted by atomic mass is 9.91. The lowest BCUT2D eigenvalue weighted by Gasteiger charge is -2.23. The first kappa shape index (κ1) is 21.0. The van der Waals surface area contributed by atoms with Gasteiger partial charge in [-0.15, -0.1) is 0 Å². The average molecular weight is 417 g/mol. The highest BCUT2D eigenvalue weighted by Gasteiger charge is 2.26. The van der Waals surface area contributed by atoms with Crippen molar-refractivity contribution in [3.8, 4) is 16.9 Å². The van der Waals surface area contributed by atoms with E-state index in [-0.39, 0.29) is 11.8 Å². The van der Waals surface area contributed by atoms with Crippen LogP contribution < -0.4 is 10.1 Å². The van der Waals surface area contributed by atoms with Gasteiger partial charge < -0.3 is 10.1 Å². The molecular formula is C25H28N4O2. The zero-order valence-electron chi connectivity index (χ0n) is 18.0. The van der Waals surface area contributed by atoms with Gasteiger partial charge in [-0.3, -0.25) is 9.69 Å². The van der Waals surface area contributed by atoms with Gasteiger partial charge in [0.2, 0.25) is 5.91 Å². The first-order chi connectivity index (χ1) is 15.1. The van der Waals surface area contributed by atoms with E-state index >= 15 is 0 Å². The van der Waals surface area contributed by atoms with Crippen molar-refractivity contribution in [2.24, 2.45) is 5.92 Å². The Morgan fingerprint density at radius 3 is 2.55 bits per heavy atom. The molecule has 0 spiro atoms. The third-order valence-electron chi connectivity index (χ3n) is 5.70. The Hall–Kier alpha value is -3.25. The molecule has 1 fully saturated rings. The Balaban J connectivity index is 1.56. The molecule has 1 aliphatic heterocycles. The van der Waals surface area contributed by atoms with Crippen molar-refractivity contribution in [2.75, 3.05) is 26.7 Å². The lowest BCUT2D eigenvalue weighted by molar-refractivity contribution is -0.124. The van der Waals surface area contributed by atoms with Crippen LogP contribution in [0.1, 0.15) is 17.0 Å². The summed E-state index contributed by atoms with van der Waals surface area (Å²) in [5.41, 5.74) is 4.36. The SMILES string of the molecule is COc1ccccc1-c1ccccc1C[C@H]1CN(Cc2cnc(C)nc2)CCNC1=O. The van der Waals surface area contributed by atoms with Gasteiger partial charge in [-0.25, -0.2) is 9.97 Å². The highest BCUT2D eigenvalue weighted by atomic mass is 16.5. The largest absolute Gasteiger partial charge is 0.496 e. The summed E-state index contributed by atoms with van der Waals surface area (Å²) >= 11 is 0. The standard InChI is InChI=1S/C25H28N4O2/c1-18-27-14-19(15-28-18)16-29-12-11-26-25(30)21(17-29)13-20-7-3-4-8-22(20)23-9-5-6-10-24(23)31-2/h3-10,14-15,21H,11-13,16-17H2,1-2H3,(H,26,30)/t21-/m0/s1. The Morgan fingerprint density at radius 2 is 1.77 bits per heavy atom. The van der Waals surface area contributed by atoms with Crippen LogP contribution in [0.4, 0.5) is 0 Å². The van der Waals surface area contributed by atoms with Crippen LogP contribution in [0.5, 0.6) is 5.75 Å². The van der Waals surface area contributed by atoms with E-state index < -0.39 is 0 Å². The van der Waals surface area contributed by atoms with Gasteiger partial charge in [0.15, 0.2) is 0 Å². The van der Waals surface area contributed by atoms with Gasteiger partial charge in [-0.05, 0) is 30.5 Å². The average Bonchev–Trinajstić information content (AvgIpc) is 2.96. The summed E-state index contributed by atoms with van der Waals surface area (Å²) in [4.78, 5) is 23.8. The number of ether oxygens (including phenoxy) is 1. The molecule has 6 heteroatoms. The number of aryl methyl sites for hydroxylation is 1. The molecule has 1 N–H and O–H groups in total. The highest BCUT2D eigenvalue weighted by molar-refractivity contribution is 5.80. The first-order valence-electron chi connectivity index (χ1n) is 10.6. The minimum Gasteiger partial charge on any atom is -0.496 e. The molecule has 6 nitrogen and oxygen atoms in total. The highest BCUT2D eigenvalue weighted by Crippen LogP contribution is 2.33. The van der Waals surface area contributed by atoms with Crippen LogP contribution in [0, 0.1) is 12.8 Å². The number of carbonyl (C=O) groups is 1. The maximum absolute atomic E-state index is 12.8. The second-order valence-electron chi connectivity index (χ2n) is 7.92. The van der Waals surface area contributed by atoms with E-state index in [2.05, 4.69) is 38.4 Å². The van der Waals surface area contributed by atoms with E-state index in [0.29, 0.717) is 19.5 Å². The van der Waals surface area contributed by atoms with E-state index in [0.717, 1.165) is 46.9 Å². The summed E-state index contributed by atoms with van der Waals surface area (Å²) in [5, 5.41) is 3.08. The topological polar surface area (TPSA) is 67.3 Å². The van der Waals surface area contributed by atoms with Crippen LogP contribution >= 0.6 is 0 Å². The molecular weight excluding hydrogens is 388 g/mol. The third-order valence-corrected chi connectivity index (χ3v) is 5.70. The maximum atomic E-state index is 12.8. The molecule has 3 aromatic rings. The molecule has 0 aliphatic carbocycles. The third kappa shape index (κ3) is 5.09. The molecule has 160 valence electrons. The lowest BCUT2D eigenvalue weighted by Crippen LogP contribution is -2.33. The number of hydrogen-bond acceptors (Lipinski definition) is 5. The fourth-order valence-electron chi connectivity index (χ4n) is 4.12. The molecule has 4 rings (SSSR count). The van der Waals surface area contributed by atoms with Crippen molar-refractivity contribution in [1.82, 2.24) is 20.2 Å². The number of rotatable bonds is 6. The predicted octanol–water partition coefficient (Wildman–Crippen LogP) is 3.25. The van der Waals surface area contributed by atoms with Crippen LogP contribution in [0.3, 0.4) is 0 Å². The summed E-state index contributed by atoms with van der Waals surface area (Å²) in [7, 11) is 1.69. The van der Waals surface area contributed by atoms with Gasteiger partial charge in [-0.2, -0.15) is 0 Å². The smallest absolute Gasteiger partial charge is 0.224 e. The number of methoxy groups -OCH3 is 1. The van der Waals surface area contributed by atoms with Crippen molar-refractivity contribution in [1.29, 1.82) is 0 Å². The number of hydrogen-bond donors (Lipinski definition) is 1. The number of para-hydroxylation sites is 1. The second-order valence-corrected chi connectivity index (χ2v) is 7.92. The van der Waals surface area contributed by atoms with E-state index in [4.69, 9.17) is 4.74 Å². The fraction of sp³-hybridized carbons (Fsp3) is 0.320. The fourth-order valence-corrected chi connectivity index (χ4v) is 4.12. The van der Waals surface area contributed by atoms with Gasteiger partial charge in [-0.1, -0.05) is 42.5 Å². The Labute approximate surface area is 183 Å². The van der Waals surface area contributed by atoms with Crippen LogP contribution in [0.15, 0.2) is 60.9 Å². The first-order valence-corrected chi connectivity index (χ1v) is 10.6. The molecule has 0 saturated carbocycles. The molecule has 1 saturated heterocycles. The summed E-state index contributed by atoms with van der Waals surface area (Å²) < 4.78 is 5.58. The number of nitrogens with zero attached hydrogens (tertiary/aromatic N) is 3. The number of amides is 1. The molecule has 2 heterocycles. The van der Waals surface area contributed by atoms with Crippen molar-refractivity contribution >= 4 is 5.91 Å². The number of nitrogens with one attached hydrogen (secondary N) is 1. The number of benzene rings is 2. The minimum atomic E-state index is -0.135. The van der Waals surface area contributed by atoms with Crippen LogP contribution in [-0.2, 0) is 17.8 Å². The monoisotopic (exact) mass is 416 g/mol. The molecule has 1 aliphatic rings. The molecule has 2 aromatic carbocycles. The van der Waals surface area contributed by atoms with Gasteiger partial charge in [0, 0.05) is 49.7 Å². The molecule has 0 unspecified atom stereocenters. The Kier molecular flexibility index (Phi) is 6.57. The van der Waals surface area contributed by atoms with Gasteiger partial charge >= 0.3 is 0 Å². The number of aromatic nitrogens is 2. The van der Waals surface area contributed by atoms with Crippen LogP contribution in [-0.4, -0.2) is 47.5 Å².